The maximum Gasteiger partial charge on any atom is 0.417 e. The number of nitrogens with two attached hydrogens (primary N) is 1. The summed E-state index contributed by atoms with van der Waals surface area (Å²) >= 11 is 0. The molecule has 1 aromatic rings. The summed E-state index contributed by atoms with van der Waals surface area (Å²) in [5.41, 5.74) is 3.57. The number of nitrogen functional groups attached to an aromatic ring is 1. The van der Waals surface area contributed by atoms with E-state index in [1.165, 1.54) is 7.11 Å². The molecule has 16 heavy (non-hydrogen) atoms. The molecule has 0 heterocycles. The van der Waals surface area contributed by atoms with Crippen LogP contribution in [-0.4, -0.2) is 12.9 Å². The van der Waals surface area contributed by atoms with Crippen LogP contribution in [0.25, 0.3) is 0 Å². The summed E-state index contributed by atoms with van der Waals surface area (Å²) in [6.45, 7) is 1.03. The minimum atomic E-state index is -4.61. The first-order valence-electron chi connectivity index (χ1n) is 4.33. The number of methoxy groups -OCH3 is 1. The number of anilines is 1. The number of carbonyl (C=O) groups excluding carboxylic acids is 1. The Labute approximate surface area is 90.0 Å². The highest BCUT2D eigenvalue weighted by Crippen LogP contribution is 2.38. The quantitative estimate of drug-likeness (QED) is 0.630. The van der Waals surface area contributed by atoms with Crippen molar-refractivity contribution >= 4 is 11.5 Å². The molecular weight excluding hydrogens is 223 g/mol. The van der Waals surface area contributed by atoms with E-state index in [0.717, 1.165) is 19.1 Å². The Hall–Kier alpha value is -1.72. The fourth-order valence-electron chi connectivity index (χ4n) is 1.39. The lowest BCUT2D eigenvalue weighted by atomic mass is 10.0. The standard InChI is InChI=1S/C10H10F3NO2/c1-5(15)8-6(10(11,12)13)3-4-7(16-2)9(8)14/h3-4H,14H2,1-2H3. The number of Topliss-reactive ketones (excluding diaryl/α,β-unsaturated/α-hetero) is 1. The molecule has 0 saturated carbocycles. The number of ether oxygens (including phenoxy) is 1. The van der Waals surface area contributed by atoms with E-state index < -0.39 is 23.1 Å². The molecule has 0 amide bonds. The zero-order chi connectivity index (χ0) is 12.5. The average Bonchev–Trinajstić information content (AvgIpc) is 2.15. The largest absolute Gasteiger partial charge is 0.495 e. The highest BCUT2D eigenvalue weighted by molar-refractivity contribution is 6.02. The van der Waals surface area contributed by atoms with E-state index in [1.54, 1.807) is 0 Å². The zero-order valence-electron chi connectivity index (χ0n) is 8.68. The molecule has 1 aromatic carbocycles. The Morgan fingerprint density at radius 2 is 1.94 bits per heavy atom. The molecule has 2 N–H and O–H groups in total. The van der Waals surface area contributed by atoms with Crippen molar-refractivity contribution in [2.24, 2.45) is 0 Å². The fraction of sp³-hybridized carbons (Fsp3) is 0.300. The summed E-state index contributed by atoms with van der Waals surface area (Å²) < 4.78 is 42.5. The molecule has 0 aromatic heterocycles. The SMILES string of the molecule is COc1ccc(C(F)(F)F)c(C(C)=O)c1N. The van der Waals surface area contributed by atoms with Crippen LogP contribution in [-0.2, 0) is 6.18 Å². The van der Waals surface area contributed by atoms with Crippen molar-refractivity contribution < 1.29 is 22.7 Å². The first-order chi connectivity index (χ1) is 7.29. The maximum absolute atomic E-state index is 12.6. The van der Waals surface area contributed by atoms with Crippen molar-refractivity contribution in [3.05, 3.63) is 23.3 Å². The molecule has 6 heteroatoms. The summed E-state index contributed by atoms with van der Waals surface area (Å²) in [5.74, 6) is -0.693. The van der Waals surface area contributed by atoms with Gasteiger partial charge < -0.3 is 10.5 Å². The molecule has 0 atom stereocenters. The molecule has 0 radical (unpaired) electrons. The van der Waals surface area contributed by atoms with Crippen LogP contribution in [0.4, 0.5) is 18.9 Å². The van der Waals surface area contributed by atoms with Gasteiger partial charge in [0.2, 0.25) is 0 Å². The highest BCUT2D eigenvalue weighted by atomic mass is 19.4. The van der Waals surface area contributed by atoms with Crippen molar-refractivity contribution in [2.45, 2.75) is 13.1 Å². The Kier molecular flexibility index (Phi) is 3.11. The summed E-state index contributed by atoms with van der Waals surface area (Å²) in [7, 11) is 1.27. The second-order valence-corrected chi connectivity index (χ2v) is 3.16. The number of ketones is 1. The lowest BCUT2D eigenvalue weighted by Crippen LogP contribution is -2.14. The average molecular weight is 233 g/mol. The zero-order valence-corrected chi connectivity index (χ0v) is 8.68. The van der Waals surface area contributed by atoms with Crippen LogP contribution in [0.1, 0.15) is 22.8 Å². The van der Waals surface area contributed by atoms with Gasteiger partial charge in [-0.25, -0.2) is 0 Å². The number of hydrogen-bond acceptors (Lipinski definition) is 3. The molecule has 0 fully saturated rings. The predicted octanol–water partition coefficient (Wildman–Crippen LogP) is 2.50. The van der Waals surface area contributed by atoms with E-state index >= 15 is 0 Å². The van der Waals surface area contributed by atoms with Crippen molar-refractivity contribution in [1.82, 2.24) is 0 Å². The first kappa shape index (κ1) is 12.4. The number of carbonyl (C=O) groups is 1. The third-order valence-electron chi connectivity index (χ3n) is 2.08. The topological polar surface area (TPSA) is 52.3 Å². The van der Waals surface area contributed by atoms with E-state index in [2.05, 4.69) is 0 Å². The number of hydrogen-bond donors (Lipinski definition) is 1. The minimum Gasteiger partial charge on any atom is -0.495 e. The molecule has 3 nitrogen and oxygen atoms in total. The van der Waals surface area contributed by atoms with Crippen molar-refractivity contribution in [3.8, 4) is 5.75 Å². The molecular formula is C10H10F3NO2. The molecule has 0 aliphatic rings. The normalized spacial score (nSPS) is 11.3. The van der Waals surface area contributed by atoms with Gasteiger partial charge in [0.15, 0.2) is 5.78 Å². The molecule has 0 bridgehead atoms. The van der Waals surface area contributed by atoms with Crippen molar-refractivity contribution in [1.29, 1.82) is 0 Å². The number of rotatable bonds is 2. The summed E-state index contributed by atoms with van der Waals surface area (Å²) in [6.07, 6.45) is -4.61. The van der Waals surface area contributed by atoms with Gasteiger partial charge in [-0.2, -0.15) is 13.2 Å². The molecule has 0 aliphatic carbocycles. The van der Waals surface area contributed by atoms with Crippen LogP contribution in [0.15, 0.2) is 12.1 Å². The van der Waals surface area contributed by atoms with Gasteiger partial charge in [0, 0.05) is 0 Å². The highest BCUT2D eigenvalue weighted by Gasteiger charge is 2.36. The number of benzene rings is 1. The van der Waals surface area contributed by atoms with Crippen molar-refractivity contribution in [3.63, 3.8) is 0 Å². The molecule has 0 aliphatic heterocycles. The monoisotopic (exact) mass is 233 g/mol. The third-order valence-corrected chi connectivity index (χ3v) is 2.08. The van der Waals surface area contributed by atoms with Crippen LogP contribution in [0.5, 0.6) is 5.75 Å². The van der Waals surface area contributed by atoms with Gasteiger partial charge in [0.1, 0.15) is 5.75 Å². The van der Waals surface area contributed by atoms with Gasteiger partial charge in [-0.3, -0.25) is 4.79 Å². The van der Waals surface area contributed by atoms with Crippen LogP contribution in [0, 0.1) is 0 Å². The minimum absolute atomic E-state index is 0.0539. The second-order valence-electron chi connectivity index (χ2n) is 3.16. The lowest BCUT2D eigenvalue weighted by Gasteiger charge is -2.15. The maximum atomic E-state index is 12.6. The third kappa shape index (κ3) is 2.10. The number of alkyl halides is 3. The van der Waals surface area contributed by atoms with Gasteiger partial charge in [0.25, 0.3) is 0 Å². The van der Waals surface area contributed by atoms with Crippen LogP contribution < -0.4 is 10.5 Å². The molecule has 0 spiro atoms. The van der Waals surface area contributed by atoms with Gasteiger partial charge >= 0.3 is 6.18 Å². The predicted molar refractivity (Wildman–Crippen MR) is 52.4 cm³/mol. The number of halogens is 3. The summed E-state index contributed by atoms with van der Waals surface area (Å²) in [4.78, 5) is 11.2. The Morgan fingerprint density at radius 1 is 1.38 bits per heavy atom. The van der Waals surface area contributed by atoms with E-state index in [9.17, 15) is 18.0 Å². The van der Waals surface area contributed by atoms with Crippen LogP contribution in [0.2, 0.25) is 0 Å². The lowest BCUT2D eigenvalue weighted by molar-refractivity contribution is -0.137. The fourth-order valence-corrected chi connectivity index (χ4v) is 1.39. The van der Waals surface area contributed by atoms with Gasteiger partial charge in [-0.15, -0.1) is 0 Å². The van der Waals surface area contributed by atoms with Gasteiger partial charge in [-0.1, -0.05) is 0 Å². The van der Waals surface area contributed by atoms with Crippen LogP contribution in [0.3, 0.4) is 0 Å². The molecule has 88 valence electrons. The Bertz CT molecular complexity index is 427. The Morgan fingerprint density at radius 3 is 2.31 bits per heavy atom. The van der Waals surface area contributed by atoms with E-state index in [1.807, 2.05) is 0 Å². The van der Waals surface area contributed by atoms with Gasteiger partial charge in [0.05, 0.1) is 23.9 Å². The van der Waals surface area contributed by atoms with E-state index in [-0.39, 0.29) is 11.4 Å². The second kappa shape index (κ2) is 4.03. The first-order valence-corrected chi connectivity index (χ1v) is 4.33. The van der Waals surface area contributed by atoms with Crippen LogP contribution >= 0.6 is 0 Å². The smallest absolute Gasteiger partial charge is 0.417 e. The van der Waals surface area contributed by atoms with E-state index in [4.69, 9.17) is 10.5 Å². The van der Waals surface area contributed by atoms with Gasteiger partial charge in [-0.05, 0) is 19.1 Å². The van der Waals surface area contributed by atoms with E-state index in [0.29, 0.717) is 0 Å². The molecule has 0 unspecified atom stereocenters. The summed E-state index contributed by atoms with van der Waals surface area (Å²) in [5, 5.41) is 0. The van der Waals surface area contributed by atoms with Crippen molar-refractivity contribution in [2.75, 3.05) is 12.8 Å². The summed E-state index contributed by atoms with van der Waals surface area (Å²) in [6, 6.07) is 1.87. The molecule has 1 rings (SSSR count). The Balaban J connectivity index is 3.53. The molecule has 0 saturated heterocycles.